The minimum absolute atomic E-state index is 0.146. The topological polar surface area (TPSA) is 93.2 Å². The van der Waals surface area contributed by atoms with Crippen LogP contribution >= 0.6 is 46.3 Å². The Balaban J connectivity index is 1.55. The average molecular weight is 469 g/mol. The summed E-state index contributed by atoms with van der Waals surface area (Å²) in [6, 6.07) is 11.6. The van der Waals surface area contributed by atoms with Crippen molar-refractivity contribution in [3.63, 3.8) is 0 Å². The Morgan fingerprint density at radius 2 is 1.79 bits per heavy atom. The third-order valence-electron chi connectivity index (χ3n) is 3.49. The minimum atomic E-state index is -0.419. The number of ether oxygens (including phenoxy) is 1. The number of carbonyl (C=O) groups excluding carboxylic acids is 2. The van der Waals surface area contributed by atoms with Gasteiger partial charge >= 0.3 is 0 Å². The predicted molar refractivity (Wildman–Crippen MR) is 117 cm³/mol. The van der Waals surface area contributed by atoms with E-state index in [1.54, 1.807) is 36.4 Å². The van der Waals surface area contributed by atoms with Crippen LogP contribution in [0.2, 0.25) is 10.0 Å². The summed E-state index contributed by atoms with van der Waals surface area (Å²) >= 11 is 14.1. The molecule has 3 rings (SSSR count). The molecule has 2 N–H and O–H groups in total. The van der Waals surface area contributed by atoms with Gasteiger partial charge in [0, 0.05) is 15.7 Å². The summed E-state index contributed by atoms with van der Waals surface area (Å²) in [5, 5.41) is 14.6. The summed E-state index contributed by atoms with van der Waals surface area (Å²) in [7, 11) is 1.47. The molecule has 7 nitrogen and oxygen atoms in total. The van der Waals surface area contributed by atoms with Crippen LogP contribution in [0.25, 0.3) is 0 Å². The lowest BCUT2D eigenvalue weighted by Crippen LogP contribution is -2.13. The molecule has 0 spiro atoms. The maximum absolute atomic E-state index is 12.5. The number of aromatic nitrogens is 2. The number of amides is 2. The van der Waals surface area contributed by atoms with Crippen LogP contribution in [0.5, 0.6) is 5.75 Å². The fourth-order valence-electron chi connectivity index (χ4n) is 2.20. The zero-order valence-corrected chi connectivity index (χ0v) is 18.1. The smallest absolute Gasteiger partial charge is 0.261 e. The zero-order chi connectivity index (χ0) is 20.8. The lowest BCUT2D eigenvalue weighted by atomic mass is 10.2. The second-order valence-electron chi connectivity index (χ2n) is 5.52. The molecule has 1 heterocycles. The zero-order valence-electron chi connectivity index (χ0n) is 14.9. The molecule has 0 saturated heterocycles. The Morgan fingerprint density at radius 3 is 2.52 bits per heavy atom. The number of methoxy groups -OCH3 is 1. The van der Waals surface area contributed by atoms with Crippen molar-refractivity contribution in [1.82, 2.24) is 10.2 Å². The van der Waals surface area contributed by atoms with E-state index < -0.39 is 5.91 Å². The highest BCUT2D eigenvalue weighted by molar-refractivity contribution is 8.01. The number of benzene rings is 2. The van der Waals surface area contributed by atoms with Gasteiger partial charge < -0.3 is 10.1 Å². The van der Waals surface area contributed by atoms with Crippen LogP contribution < -0.4 is 15.4 Å². The summed E-state index contributed by atoms with van der Waals surface area (Å²) in [6.45, 7) is 0. The van der Waals surface area contributed by atoms with Crippen molar-refractivity contribution in [2.45, 2.75) is 4.34 Å². The van der Waals surface area contributed by atoms with E-state index >= 15 is 0 Å². The molecule has 0 atom stereocenters. The van der Waals surface area contributed by atoms with Gasteiger partial charge in [0.1, 0.15) is 5.75 Å². The molecule has 0 saturated carbocycles. The Hall–Kier alpha value is -2.33. The van der Waals surface area contributed by atoms with E-state index in [0.29, 0.717) is 31.0 Å². The van der Waals surface area contributed by atoms with Gasteiger partial charge in [0.2, 0.25) is 11.0 Å². The van der Waals surface area contributed by atoms with Crippen molar-refractivity contribution in [3.05, 3.63) is 58.1 Å². The van der Waals surface area contributed by atoms with E-state index in [4.69, 9.17) is 27.9 Å². The number of halogens is 2. The molecule has 0 aliphatic carbocycles. The molecule has 0 bridgehead atoms. The monoisotopic (exact) mass is 468 g/mol. The second-order valence-corrected chi connectivity index (χ2v) is 8.59. The first-order valence-electron chi connectivity index (χ1n) is 8.11. The Kier molecular flexibility index (Phi) is 7.32. The van der Waals surface area contributed by atoms with E-state index in [0.717, 1.165) is 11.3 Å². The Morgan fingerprint density at radius 1 is 1.07 bits per heavy atom. The minimum Gasteiger partial charge on any atom is -0.496 e. The number of rotatable bonds is 7. The number of thioether (sulfide) groups is 1. The third-order valence-corrected chi connectivity index (χ3v) is 5.95. The summed E-state index contributed by atoms with van der Waals surface area (Å²) in [4.78, 5) is 24.5. The SMILES string of the molecule is COc1ccc(Cl)cc1C(=O)Nc1nnc(SCC(=O)Nc2ccc(Cl)cc2)s1. The van der Waals surface area contributed by atoms with Gasteiger partial charge in [0.15, 0.2) is 4.34 Å². The van der Waals surface area contributed by atoms with Crippen molar-refractivity contribution < 1.29 is 14.3 Å². The maximum Gasteiger partial charge on any atom is 0.261 e. The van der Waals surface area contributed by atoms with Crippen LogP contribution in [0.15, 0.2) is 46.8 Å². The van der Waals surface area contributed by atoms with Gasteiger partial charge in [-0.3, -0.25) is 14.9 Å². The Labute approximate surface area is 184 Å². The lowest BCUT2D eigenvalue weighted by molar-refractivity contribution is -0.113. The van der Waals surface area contributed by atoms with Crippen LogP contribution in [-0.2, 0) is 4.79 Å². The number of carbonyl (C=O) groups is 2. The molecule has 11 heteroatoms. The normalized spacial score (nSPS) is 10.4. The number of nitrogens with one attached hydrogen (secondary N) is 2. The van der Waals surface area contributed by atoms with Crippen LogP contribution in [0.4, 0.5) is 10.8 Å². The second kappa shape index (κ2) is 9.93. The highest BCUT2D eigenvalue weighted by atomic mass is 35.5. The summed E-state index contributed by atoms with van der Waals surface area (Å²) < 4.78 is 5.72. The van der Waals surface area contributed by atoms with Crippen LogP contribution in [0.3, 0.4) is 0 Å². The van der Waals surface area contributed by atoms with E-state index in [1.807, 2.05) is 0 Å². The molecule has 0 radical (unpaired) electrons. The first kappa shape index (κ1) is 21.4. The molecule has 3 aromatic rings. The van der Waals surface area contributed by atoms with E-state index in [9.17, 15) is 9.59 Å². The fourth-order valence-corrected chi connectivity index (χ4v) is 4.04. The largest absolute Gasteiger partial charge is 0.496 e. The van der Waals surface area contributed by atoms with Gasteiger partial charge in [-0.15, -0.1) is 10.2 Å². The molecule has 2 aromatic carbocycles. The van der Waals surface area contributed by atoms with Crippen molar-refractivity contribution in [2.75, 3.05) is 23.5 Å². The van der Waals surface area contributed by atoms with Gasteiger partial charge in [-0.2, -0.15) is 0 Å². The maximum atomic E-state index is 12.5. The Bertz CT molecular complexity index is 1030. The highest BCUT2D eigenvalue weighted by Crippen LogP contribution is 2.28. The summed E-state index contributed by atoms with van der Waals surface area (Å²) in [5.74, 6) is -0.0722. The van der Waals surface area contributed by atoms with Crippen molar-refractivity contribution in [1.29, 1.82) is 0 Å². The number of hydrogen-bond acceptors (Lipinski definition) is 7. The van der Waals surface area contributed by atoms with Gasteiger partial charge in [0.05, 0.1) is 18.4 Å². The standard InChI is InChI=1S/C18H14Cl2N4O3S2/c1-27-14-7-4-11(20)8-13(14)16(26)22-17-23-24-18(29-17)28-9-15(25)21-12-5-2-10(19)3-6-12/h2-8H,9H2,1H3,(H,21,25)(H,22,23,26). The molecule has 1 aromatic heterocycles. The third kappa shape index (κ3) is 6.07. The highest BCUT2D eigenvalue weighted by Gasteiger charge is 2.16. The molecule has 0 fully saturated rings. The van der Waals surface area contributed by atoms with Crippen molar-refractivity contribution in [3.8, 4) is 5.75 Å². The lowest BCUT2D eigenvalue weighted by Gasteiger charge is -2.07. The number of nitrogens with zero attached hydrogens (tertiary/aromatic N) is 2. The quantitative estimate of drug-likeness (QED) is 0.380. The molecule has 0 aliphatic heterocycles. The van der Waals surface area contributed by atoms with E-state index in [-0.39, 0.29) is 17.2 Å². The van der Waals surface area contributed by atoms with Crippen molar-refractivity contribution in [2.24, 2.45) is 0 Å². The molecule has 150 valence electrons. The molecular formula is C18H14Cl2N4O3S2. The molecular weight excluding hydrogens is 455 g/mol. The molecule has 0 unspecified atom stereocenters. The summed E-state index contributed by atoms with van der Waals surface area (Å²) in [5.41, 5.74) is 0.937. The molecule has 29 heavy (non-hydrogen) atoms. The average Bonchev–Trinajstić information content (AvgIpc) is 3.15. The van der Waals surface area contributed by atoms with E-state index in [2.05, 4.69) is 20.8 Å². The number of hydrogen-bond donors (Lipinski definition) is 2. The van der Waals surface area contributed by atoms with E-state index in [1.165, 1.54) is 24.9 Å². The van der Waals surface area contributed by atoms with Crippen LogP contribution in [-0.4, -0.2) is 34.9 Å². The van der Waals surface area contributed by atoms with Gasteiger partial charge in [0.25, 0.3) is 5.91 Å². The van der Waals surface area contributed by atoms with Gasteiger partial charge in [-0.05, 0) is 42.5 Å². The first-order valence-corrected chi connectivity index (χ1v) is 10.7. The van der Waals surface area contributed by atoms with Crippen molar-refractivity contribution >= 4 is 68.9 Å². The number of anilines is 2. The van der Waals surface area contributed by atoms with Crippen LogP contribution in [0.1, 0.15) is 10.4 Å². The van der Waals surface area contributed by atoms with Crippen LogP contribution in [0, 0.1) is 0 Å². The molecule has 2 amide bonds. The fraction of sp³-hybridized carbons (Fsp3) is 0.111. The van der Waals surface area contributed by atoms with Gasteiger partial charge in [-0.25, -0.2) is 0 Å². The van der Waals surface area contributed by atoms with Gasteiger partial charge in [-0.1, -0.05) is 46.3 Å². The summed E-state index contributed by atoms with van der Waals surface area (Å²) in [6.07, 6.45) is 0. The molecule has 0 aliphatic rings. The first-order chi connectivity index (χ1) is 13.9. The predicted octanol–water partition coefficient (Wildman–Crippen LogP) is 4.84.